The second kappa shape index (κ2) is 15.9. The topological polar surface area (TPSA) is 0 Å². The second-order valence-corrected chi connectivity index (χ2v) is 2.93. The standard InChI is InChI=1S/C7H11.C5H5.C2H5.Ru/c1-6(2)5-7(3)4;1-2-4-5-3-1;1-2;/h1,5H,2-4H3;1-5H;1H2,2H3;/q3*-1;+3. The number of hydrogen-bond acceptors (Lipinski definition) is 0. The minimum Gasteiger partial charge on any atom is -0.346 e. The Kier molecular flexibility index (Phi) is 21.1. The van der Waals surface area contributed by atoms with E-state index in [1.807, 2.05) is 57.2 Å². The predicted octanol–water partition coefficient (Wildman–Crippen LogP) is 4.58. The van der Waals surface area contributed by atoms with Gasteiger partial charge in [-0.2, -0.15) is 30.7 Å². The van der Waals surface area contributed by atoms with Crippen LogP contribution in [-0.4, -0.2) is 0 Å². The average molecular weight is 290 g/mol. The third-order valence-electron chi connectivity index (χ3n) is 1.07. The van der Waals surface area contributed by atoms with Gasteiger partial charge in [0.1, 0.15) is 0 Å². The maximum atomic E-state index is 5.33. The Hall–Kier alpha value is -0.547. The second-order valence-electron chi connectivity index (χ2n) is 2.93. The van der Waals surface area contributed by atoms with E-state index >= 15 is 0 Å². The molecule has 0 aromatic heterocycles. The molecule has 1 aromatic rings. The maximum Gasteiger partial charge on any atom is 3.00 e. The van der Waals surface area contributed by atoms with Crippen LogP contribution in [0.25, 0.3) is 0 Å². The van der Waals surface area contributed by atoms with Crippen molar-refractivity contribution in [3.05, 3.63) is 61.1 Å². The first kappa shape index (κ1) is 19.9. The molecule has 0 N–H and O–H groups in total. The van der Waals surface area contributed by atoms with Crippen LogP contribution in [0.3, 0.4) is 0 Å². The molecule has 0 aliphatic rings. The van der Waals surface area contributed by atoms with Gasteiger partial charge in [-0.3, -0.25) is 6.58 Å². The van der Waals surface area contributed by atoms with Gasteiger partial charge in [0.15, 0.2) is 0 Å². The summed E-state index contributed by atoms with van der Waals surface area (Å²) in [6.07, 6.45) is 1.94. The van der Waals surface area contributed by atoms with Gasteiger partial charge < -0.3 is 6.92 Å². The zero-order chi connectivity index (χ0) is 11.4. The molecule has 1 heteroatoms. The van der Waals surface area contributed by atoms with E-state index in [2.05, 4.69) is 6.92 Å². The first-order valence-electron chi connectivity index (χ1n) is 4.74. The van der Waals surface area contributed by atoms with Crippen LogP contribution in [0, 0.1) is 13.5 Å². The average Bonchev–Trinajstić information content (AvgIpc) is 2.61. The fraction of sp³-hybridized carbons (Fsp3) is 0.286. The van der Waals surface area contributed by atoms with Crippen molar-refractivity contribution < 1.29 is 19.5 Å². The quantitative estimate of drug-likeness (QED) is 0.403. The molecule has 0 amide bonds. The summed E-state index contributed by atoms with van der Waals surface area (Å²) in [6.45, 7) is 16.3. The summed E-state index contributed by atoms with van der Waals surface area (Å²) in [4.78, 5) is 0. The molecular weight excluding hydrogens is 269 g/mol. The molecule has 1 rings (SSSR count). The van der Waals surface area contributed by atoms with Crippen LogP contribution in [-0.2, 0) is 19.5 Å². The largest absolute Gasteiger partial charge is 3.00 e. The normalized spacial score (nSPS) is 6.73. The number of hydrogen-bond donors (Lipinski definition) is 0. The molecule has 0 atom stereocenters. The molecule has 0 spiro atoms. The molecular formula is C14H21Ru. The first-order valence-corrected chi connectivity index (χ1v) is 4.74. The van der Waals surface area contributed by atoms with Crippen LogP contribution >= 0.6 is 0 Å². The summed E-state index contributed by atoms with van der Waals surface area (Å²) >= 11 is 0. The monoisotopic (exact) mass is 291 g/mol. The van der Waals surface area contributed by atoms with Gasteiger partial charge in [0.2, 0.25) is 0 Å². The van der Waals surface area contributed by atoms with Crippen molar-refractivity contribution in [1.82, 2.24) is 0 Å². The van der Waals surface area contributed by atoms with Gasteiger partial charge in [0.25, 0.3) is 0 Å². The van der Waals surface area contributed by atoms with Crippen molar-refractivity contribution in [2.24, 2.45) is 0 Å². The summed E-state index contributed by atoms with van der Waals surface area (Å²) in [5.74, 6) is 0. The van der Waals surface area contributed by atoms with Gasteiger partial charge in [-0.05, 0) is 0 Å². The van der Waals surface area contributed by atoms with Crippen molar-refractivity contribution in [3.8, 4) is 0 Å². The molecule has 0 aliphatic heterocycles. The molecule has 85 valence electrons. The Bertz CT molecular complexity index is 209. The third kappa shape index (κ3) is 24.7. The molecule has 1 radical (unpaired) electrons. The van der Waals surface area contributed by atoms with Crippen LogP contribution < -0.4 is 0 Å². The van der Waals surface area contributed by atoms with Crippen LogP contribution in [0.1, 0.15) is 27.7 Å². The Morgan fingerprint density at radius 1 is 1.13 bits per heavy atom. The fourth-order valence-corrected chi connectivity index (χ4v) is 0.776. The summed E-state index contributed by atoms with van der Waals surface area (Å²) in [7, 11) is 0. The molecule has 0 unspecified atom stereocenters. The van der Waals surface area contributed by atoms with Crippen molar-refractivity contribution in [3.63, 3.8) is 0 Å². The summed E-state index contributed by atoms with van der Waals surface area (Å²) in [5, 5.41) is 0. The molecule has 0 heterocycles. The van der Waals surface area contributed by atoms with Gasteiger partial charge >= 0.3 is 19.5 Å². The molecule has 0 nitrogen and oxygen atoms in total. The van der Waals surface area contributed by atoms with Crippen LogP contribution in [0.15, 0.2) is 47.6 Å². The van der Waals surface area contributed by atoms with Crippen LogP contribution in [0.2, 0.25) is 0 Å². The molecule has 0 bridgehead atoms. The van der Waals surface area contributed by atoms with Gasteiger partial charge in [-0.15, -0.1) is 0 Å². The first-order chi connectivity index (χ1) is 6.63. The van der Waals surface area contributed by atoms with E-state index in [1.54, 1.807) is 6.92 Å². The van der Waals surface area contributed by atoms with Crippen molar-refractivity contribution >= 4 is 0 Å². The van der Waals surface area contributed by atoms with E-state index in [-0.39, 0.29) is 19.5 Å². The predicted molar refractivity (Wildman–Crippen MR) is 66.0 cm³/mol. The molecule has 1 aromatic carbocycles. The van der Waals surface area contributed by atoms with Crippen molar-refractivity contribution in [2.75, 3.05) is 0 Å². The Morgan fingerprint density at radius 2 is 1.53 bits per heavy atom. The Labute approximate surface area is 108 Å². The summed E-state index contributed by atoms with van der Waals surface area (Å²) < 4.78 is 0. The van der Waals surface area contributed by atoms with Gasteiger partial charge in [-0.25, -0.2) is 23.8 Å². The van der Waals surface area contributed by atoms with Crippen LogP contribution in [0.5, 0.6) is 0 Å². The van der Waals surface area contributed by atoms with Gasteiger partial charge in [-0.1, -0.05) is 20.8 Å². The van der Waals surface area contributed by atoms with Gasteiger partial charge in [0.05, 0.1) is 0 Å². The zero-order valence-corrected chi connectivity index (χ0v) is 11.8. The number of rotatable bonds is 1. The number of allylic oxidation sites excluding steroid dienone is 3. The molecule has 15 heavy (non-hydrogen) atoms. The molecule has 0 aliphatic carbocycles. The third-order valence-corrected chi connectivity index (χ3v) is 1.07. The molecule has 0 saturated carbocycles. The minimum atomic E-state index is 0. The Balaban J connectivity index is -0.000000159. The maximum absolute atomic E-state index is 5.33. The molecule has 0 fully saturated rings. The SMILES string of the molecule is [CH-]=C(C)C=C(C)C.[CH2-]C.[Ru+3].c1cc[cH-]c1. The summed E-state index contributed by atoms with van der Waals surface area (Å²) in [6, 6.07) is 10.0. The van der Waals surface area contributed by atoms with E-state index in [0.29, 0.717) is 0 Å². The van der Waals surface area contributed by atoms with Crippen molar-refractivity contribution in [2.45, 2.75) is 27.7 Å². The fourth-order valence-electron chi connectivity index (χ4n) is 0.776. The van der Waals surface area contributed by atoms with E-state index < -0.39 is 0 Å². The van der Waals surface area contributed by atoms with E-state index in [4.69, 9.17) is 6.58 Å². The smallest absolute Gasteiger partial charge is 0.346 e. The van der Waals surface area contributed by atoms with Gasteiger partial charge in [0, 0.05) is 0 Å². The molecule has 0 saturated heterocycles. The zero-order valence-electron chi connectivity index (χ0n) is 10.1. The van der Waals surface area contributed by atoms with E-state index in [0.717, 1.165) is 5.57 Å². The van der Waals surface area contributed by atoms with E-state index in [9.17, 15) is 0 Å². The Morgan fingerprint density at radius 3 is 1.60 bits per heavy atom. The van der Waals surface area contributed by atoms with E-state index in [1.165, 1.54) is 5.57 Å². The van der Waals surface area contributed by atoms with Crippen molar-refractivity contribution in [1.29, 1.82) is 0 Å². The summed E-state index contributed by atoms with van der Waals surface area (Å²) in [5.41, 5.74) is 2.13. The minimum absolute atomic E-state index is 0. The van der Waals surface area contributed by atoms with Crippen LogP contribution in [0.4, 0.5) is 0 Å².